The predicted octanol–water partition coefficient (Wildman–Crippen LogP) is 4.86. The van der Waals surface area contributed by atoms with Crippen LogP contribution >= 0.6 is 11.6 Å². The van der Waals surface area contributed by atoms with E-state index in [0.29, 0.717) is 22.5 Å². The lowest BCUT2D eigenvalue weighted by Crippen LogP contribution is -2.36. The molecule has 1 fully saturated rings. The van der Waals surface area contributed by atoms with Crippen LogP contribution in [-0.2, 0) is 6.54 Å². The normalized spacial score (nSPS) is 17.1. The molecule has 1 saturated heterocycles. The number of halogens is 1. The Morgan fingerprint density at radius 2 is 2.00 bits per heavy atom. The monoisotopic (exact) mass is 423 g/mol. The highest BCUT2D eigenvalue weighted by Crippen LogP contribution is 2.21. The molecule has 7 heteroatoms. The lowest BCUT2D eigenvalue weighted by molar-refractivity contribution is 0.102. The SMILES string of the molecule is Cc1c(C(=O)Nc2ccc(CN3CCCCC3C)cc2)nnn1-c1cccc(Cl)c1. The molecular weight excluding hydrogens is 398 g/mol. The number of hydrogen-bond acceptors (Lipinski definition) is 4. The number of likely N-dealkylation sites (tertiary alicyclic amines) is 1. The molecule has 1 aromatic heterocycles. The van der Waals surface area contributed by atoms with E-state index >= 15 is 0 Å². The molecule has 1 atom stereocenters. The highest BCUT2D eigenvalue weighted by molar-refractivity contribution is 6.30. The van der Waals surface area contributed by atoms with Gasteiger partial charge in [-0.3, -0.25) is 9.69 Å². The molecule has 1 unspecified atom stereocenters. The Morgan fingerprint density at radius 3 is 2.73 bits per heavy atom. The van der Waals surface area contributed by atoms with Gasteiger partial charge in [0.25, 0.3) is 5.91 Å². The molecule has 0 spiro atoms. The Kier molecular flexibility index (Phi) is 6.16. The first-order valence-electron chi connectivity index (χ1n) is 10.3. The quantitative estimate of drug-likeness (QED) is 0.636. The molecule has 2 heterocycles. The molecule has 6 nitrogen and oxygen atoms in total. The van der Waals surface area contributed by atoms with Gasteiger partial charge in [-0.15, -0.1) is 5.10 Å². The first-order valence-corrected chi connectivity index (χ1v) is 10.7. The van der Waals surface area contributed by atoms with Crippen LogP contribution in [0.15, 0.2) is 48.5 Å². The van der Waals surface area contributed by atoms with Crippen LogP contribution in [0.4, 0.5) is 5.69 Å². The van der Waals surface area contributed by atoms with E-state index < -0.39 is 0 Å². The average molecular weight is 424 g/mol. The van der Waals surface area contributed by atoms with Crippen molar-refractivity contribution in [3.8, 4) is 5.69 Å². The molecule has 3 aromatic rings. The molecule has 4 rings (SSSR count). The van der Waals surface area contributed by atoms with Crippen LogP contribution in [0.2, 0.25) is 5.02 Å². The van der Waals surface area contributed by atoms with Gasteiger partial charge in [-0.25, -0.2) is 4.68 Å². The Labute approximate surface area is 181 Å². The zero-order valence-corrected chi connectivity index (χ0v) is 18.1. The number of carbonyl (C=O) groups excluding carboxylic acids is 1. The summed E-state index contributed by atoms with van der Waals surface area (Å²) < 4.78 is 1.61. The Morgan fingerprint density at radius 1 is 1.20 bits per heavy atom. The van der Waals surface area contributed by atoms with Crippen LogP contribution in [0, 0.1) is 6.92 Å². The minimum atomic E-state index is -0.279. The van der Waals surface area contributed by atoms with Gasteiger partial charge in [0.05, 0.1) is 11.4 Å². The Bertz CT molecular complexity index is 1030. The number of amides is 1. The number of nitrogens with one attached hydrogen (secondary N) is 1. The highest BCUT2D eigenvalue weighted by atomic mass is 35.5. The summed E-state index contributed by atoms with van der Waals surface area (Å²) in [5.41, 5.74) is 3.71. The van der Waals surface area contributed by atoms with E-state index in [1.165, 1.54) is 24.8 Å². The second-order valence-corrected chi connectivity index (χ2v) is 8.32. The molecule has 1 aliphatic heterocycles. The standard InChI is InChI=1S/C23H26ClN5O/c1-16-6-3-4-13-28(16)15-18-9-11-20(12-10-18)25-23(30)22-17(2)29(27-26-22)21-8-5-7-19(24)14-21/h5,7-12,14,16H,3-4,6,13,15H2,1-2H3,(H,25,30). The first kappa shape index (κ1) is 20.6. The number of benzene rings is 2. The lowest BCUT2D eigenvalue weighted by Gasteiger charge is -2.33. The van der Waals surface area contributed by atoms with E-state index in [9.17, 15) is 4.79 Å². The largest absolute Gasteiger partial charge is 0.321 e. The van der Waals surface area contributed by atoms with Crippen LogP contribution in [0.1, 0.15) is 47.9 Å². The summed E-state index contributed by atoms with van der Waals surface area (Å²) in [4.78, 5) is 15.3. The van der Waals surface area contributed by atoms with Crippen molar-refractivity contribution in [3.05, 3.63) is 70.5 Å². The zero-order valence-electron chi connectivity index (χ0n) is 17.3. The molecule has 2 aromatic carbocycles. The van der Waals surface area contributed by atoms with E-state index in [1.54, 1.807) is 16.8 Å². The third kappa shape index (κ3) is 4.55. The molecule has 0 aliphatic carbocycles. The van der Waals surface area contributed by atoms with Crippen molar-refractivity contribution in [2.45, 2.75) is 45.7 Å². The van der Waals surface area contributed by atoms with Gasteiger partial charge in [0.15, 0.2) is 5.69 Å². The maximum atomic E-state index is 12.7. The maximum Gasteiger partial charge on any atom is 0.278 e. The van der Waals surface area contributed by atoms with E-state index in [0.717, 1.165) is 24.5 Å². The van der Waals surface area contributed by atoms with E-state index in [-0.39, 0.29) is 5.91 Å². The smallest absolute Gasteiger partial charge is 0.278 e. The topological polar surface area (TPSA) is 63.1 Å². The number of aromatic nitrogens is 3. The second kappa shape index (κ2) is 8.98. The molecular formula is C23H26ClN5O. The van der Waals surface area contributed by atoms with Crippen molar-refractivity contribution < 1.29 is 4.79 Å². The van der Waals surface area contributed by atoms with Gasteiger partial charge in [-0.2, -0.15) is 0 Å². The molecule has 30 heavy (non-hydrogen) atoms. The summed E-state index contributed by atoms with van der Waals surface area (Å²) in [7, 11) is 0. The average Bonchev–Trinajstić information content (AvgIpc) is 3.12. The summed E-state index contributed by atoms with van der Waals surface area (Å²) in [5.74, 6) is -0.279. The van der Waals surface area contributed by atoms with Crippen molar-refractivity contribution in [2.24, 2.45) is 0 Å². The van der Waals surface area contributed by atoms with Crippen LogP contribution in [0.5, 0.6) is 0 Å². The molecule has 1 aliphatic rings. The van der Waals surface area contributed by atoms with Crippen LogP contribution in [0.25, 0.3) is 5.69 Å². The molecule has 156 valence electrons. The van der Waals surface area contributed by atoms with Crippen molar-refractivity contribution in [3.63, 3.8) is 0 Å². The fourth-order valence-electron chi connectivity index (χ4n) is 3.90. The summed E-state index contributed by atoms with van der Waals surface area (Å²) in [6.45, 7) is 6.22. The van der Waals surface area contributed by atoms with Crippen LogP contribution in [0.3, 0.4) is 0 Å². The number of carbonyl (C=O) groups is 1. The van der Waals surface area contributed by atoms with Gasteiger partial charge in [0.2, 0.25) is 0 Å². The van der Waals surface area contributed by atoms with Crippen LogP contribution < -0.4 is 5.32 Å². The predicted molar refractivity (Wildman–Crippen MR) is 119 cm³/mol. The van der Waals surface area contributed by atoms with E-state index in [4.69, 9.17) is 11.6 Å². The number of rotatable bonds is 5. The van der Waals surface area contributed by atoms with Gasteiger partial charge in [-0.05, 0) is 69.1 Å². The summed E-state index contributed by atoms with van der Waals surface area (Å²) in [5, 5.41) is 11.7. The number of hydrogen-bond donors (Lipinski definition) is 1. The van der Waals surface area contributed by atoms with E-state index in [2.05, 4.69) is 39.6 Å². The van der Waals surface area contributed by atoms with Gasteiger partial charge in [-0.1, -0.05) is 41.4 Å². The Balaban J connectivity index is 1.43. The third-order valence-electron chi connectivity index (χ3n) is 5.70. The second-order valence-electron chi connectivity index (χ2n) is 7.88. The first-order chi connectivity index (χ1) is 14.5. The summed E-state index contributed by atoms with van der Waals surface area (Å²) in [6.07, 6.45) is 3.86. The van der Waals surface area contributed by atoms with Crippen molar-refractivity contribution in [2.75, 3.05) is 11.9 Å². The summed E-state index contributed by atoms with van der Waals surface area (Å²) >= 11 is 6.06. The number of anilines is 1. The van der Waals surface area contributed by atoms with E-state index in [1.807, 2.05) is 31.2 Å². The number of piperidine rings is 1. The minimum absolute atomic E-state index is 0.279. The molecule has 0 bridgehead atoms. The summed E-state index contributed by atoms with van der Waals surface area (Å²) in [6, 6.07) is 16.0. The van der Waals surface area contributed by atoms with Crippen molar-refractivity contribution in [1.82, 2.24) is 19.9 Å². The third-order valence-corrected chi connectivity index (χ3v) is 5.94. The van der Waals surface area contributed by atoms with Crippen molar-refractivity contribution in [1.29, 1.82) is 0 Å². The van der Waals surface area contributed by atoms with Gasteiger partial charge >= 0.3 is 0 Å². The molecule has 1 N–H and O–H groups in total. The molecule has 0 saturated carbocycles. The van der Waals surface area contributed by atoms with Gasteiger partial charge in [0.1, 0.15) is 0 Å². The highest BCUT2D eigenvalue weighted by Gasteiger charge is 2.19. The molecule has 1 amide bonds. The Hall–Kier alpha value is -2.70. The lowest BCUT2D eigenvalue weighted by atomic mass is 10.0. The van der Waals surface area contributed by atoms with Crippen LogP contribution in [-0.4, -0.2) is 38.4 Å². The molecule has 0 radical (unpaired) electrons. The fourth-order valence-corrected chi connectivity index (χ4v) is 4.09. The van der Waals surface area contributed by atoms with Crippen molar-refractivity contribution >= 4 is 23.2 Å². The van der Waals surface area contributed by atoms with Gasteiger partial charge in [0, 0.05) is 23.3 Å². The van der Waals surface area contributed by atoms with Gasteiger partial charge < -0.3 is 5.32 Å². The maximum absolute atomic E-state index is 12.7. The number of nitrogens with zero attached hydrogens (tertiary/aromatic N) is 4. The minimum Gasteiger partial charge on any atom is -0.321 e. The fraction of sp³-hybridized carbons (Fsp3) is 0.348. The zero-order chi connectivity index (χ0) is 21.1.